The molecule has 1 heterocycles. The Morgan fingerprint density at radius 1 is 1.20 bits per heavy atom. The fourth-order valence-electron chi connectivity index (χ4n) is 2.96. The Morgan fingerprint density at radius 3 is 2.65 bits per heavy atom. The third kappa shape index (κ3) is 4.66. The molecule has 0 spiro atoms. The summed E-state index contributed by atoms with van der Waals surface area (Å²) in [5, 5.41) is 6.56. The highest BCUT2D eigenvalue weighted by molar-refractivity contribution is 5.47. The van der Waals surface area contributed by atoms with Crippen LogP contribution in [0.15, 0.2) is 6.07 Å². The van der Waals surface area contributed by atoms with Gasteiger partial charge in [-0.3, -0.25) is 0 Å². The van der Waals surface area contributed by atoms with Crippen LogP contribution in [-0.2, 0) is 6.42 Å². The second-order valence-corrected chi connectivity index (χ2v) is 5.77. The van der Waals surface area contributed by atoms with Crippen molar-refractivity contribution in [2.24, 2.45) is 5.92 Å². The van der Waals surface area contributed by atoms with Crippen molar-refractivity contribution in [3.8, 4) is 0 Å². The minimum atomic E-state index is 0.904. The number of nitrogens with one attached hydrogen (secondary N) is 2. The summed E-state index contributed by atoms with van der Waals surface area (Å²) in [6.07, 6.45) is 10.4. The van der Waals surface area contributed by atoms with Crippen molar-refractivity contribution in [2.75, 3.05) is 24.2 Å². The Labute approximate surface area is 122 Å². The van der Waals surface area contributed by atoms with Crippen LogP contribution in [0.5, 0.6) is 0 Å². The van der Waals surface area contributed by atoms with Crippen molar-refractivity contribution < 1.29 is 0 Å². The number of nitrogens with zero attached hydrogens (tertiary/aromatic N) is 2. The van der Waals surface area contributed by atoms with Gasteiger partial charge in [0.25, 0.3) is 0 Å². The van der Waals surface area contributed by atoms with E-state index in [0.29, 0.717) is 0 Å². The number of rotatable bonds is 8. The lowest BCUT2D eigenvalue weighted by Gasteiger charge is -2.11. The molecule has 0 amide bonds. The third-order valence-electron chi connectivity index (χ3n) is 4.07. The summed E-state index contributed by atoms with van der Waals surface area (Å²) in [6.45, 7) is 3.17. The van der Waals surface area contributed by atoms with Gasteiger partial charge in [-0.2, -0.15) is 0 Å². The van der Waals surface area contributed by atoms with Crippen LogP contribution >= 0.6 is 0 Å². The van der Waals surface area contributed by atoms with Gasteiger partial charge in [-0.1, -0.05) is 32.6 Å². The van der Waals surface area contributed by atoms with Crippen LogP contribution in [0.3, 0.4) is 0 Å². The van der Waals surface area contributed by atoms with Crippen LogP contribution in [0.2, 0.25) is 0 Å². The number of anilines is 2. The topological polar surface area (TPSA) is 49.8 Å². The van der Waals surface area contributed by atoms with Crippen molar-refractivity contribution in [3.63, 3.8) is 0 Å². The fourth-order valence-corrected chi connectivity index (χ4v) is 2.96. The molecule has 1 aromatic heterocycles. The number of aryl methyl sites for hydroxylation is 1. The zero-order valence-electron chi connectivity index (χ0n) is 12.9. The maximum Gasteiger partial charge on any atom is 0.133 e. The highest BCUT2D eigenvalue weighted by Crippen LogP contribution is 2.28. The van der Waals surface area contributed by atoms with E-state index in [2.05, 4.69) is 27.5 Å². The molecular weight excluding hydrogens is 248 g/mol. The third-order valence-corrected chi connectivity index (χ3v) is 4.07. The largest absolute Gasteiger partial charge is 0.373 e. The van der Waals surface area contributed by atoms with Gasteiger partial charge in [0.2, 0.25) is 0 Å². The van der Waals surface area contributed by atoms with Crippen LogP contribution in [0.4, 0.5) is 11.6 Å². The maximum absolute atomic E-state index is 4.58. The van der Waals surface area contributed by atoms with Gasteiger partial charge in [-0.05, 0) is 25.2 Å². The molecule has 4 heteroatoms. The zero-order chi connectivity index (χ0) is 14.2. The molecule has 0 radical (unpaired) electrons. The molecule has 1 fully saturated rings. The van der Waals surface area contributed by atoms with Gasteiger partial charge in [0, 0.05) is 26.1 Å². The van der Waals surface area contributed by atoms with Crippen LogP contribution < -0.4 is 10.6 Å². The summed E-state index contributed by atoms with van der Waals surface area (Å²) in [7, 11) is 1.90. The lowest BCUT2D eigenvalue weighted by Crippen LogP contribution is -2.08. The molecule has 4 nitrogen and oxygen atoms in total. The van der Waals surface area contributed by atoms with E-state index in [1.807, 2.05) is 13.1 Å². The molecule has 0 aliphatic heterocycles. The van der Waals surface area contributed by atoms with Crippen LogP contribution in [0.1, 0.15) is 57.7 Å². The molecule has 0 aromatic carbocycles. The number of hydrogen-bond acceptors (Lipinski definition) is 4. The van der Waals surface area contributed by atoms with Gasteiger partial charge >= 0.3 is 0 Å². The van der Waals surface area contributed by atoms with E-state index in [9.17, 15) is 0 Å². The molecule has 0 unspecified atom stereocenters. The second-order valence-electron chi connectivity index (χ2n) is 5.77. The molecule has 20 heavy (non-hydrogen) atoms. The molecule has 1 aliphatic carbocycles. The van der Waals surface area contributed by atoms with E-state index in [1.54, 1.807) is 0 Å². The number of hydrogen-bond donors (Lipinski definition) is 2. The molecule has 1 aromatic rings. The predicted molar refractivity (Wildman–Crippen MR) is 85.3 cm³/mol. The molecule has 1 saturated carbocycles. The van der Waals surface area contributed by atoms with Crippen molar-refractivity contribution in [1.29, 1.82) is 0 Å². The Bertz CT molecular complexity index is 399. The minimum absolute atomic E-state index is 0.904. The van der Waals surface area contributed by atoms with Gasteiger partial charge in [0.05, 0.1) is 0 Å². The Balaban J connectivity index is 1.79. The van der Waals surface area contributed by atoms with Gasteiger partial charge in [0.15, 0.2) is 0 Å². The number of aromatic nitrogens is 2. The second kappa shape index (κ2) is 8.08. The lowest BCUT2D eigenvalue weighted by molar-refractivity contribution is 0.491. The highest BCUT2D eigenvalue weighted by atomic mass is 15.1. The van der Waals surface area contributed by atoms with Gasteiger partial charge in [0.1, 0.15) is 17.5 Å². The molecule has 2 N–H and O–H groups in total. The molecule has 112 valence electrons. The van der Waals surface area contributed by atoms with Crippen molar-refractivity contribution in [1.82, 2.24) is 9.97 Å². The van der Waals surface area contributed by atoms with Crippen LogP contribution in [-0.4, -0.2) is 23.6 Å². The molecule has 0 atom stereocenters. The standard InChI is InChI=1S/C16H28N4/c1-3-7-14-19-15(17-2)12-16(20-14)18-11-6-10-13-8-4-5-9-13/h12-13H,3-11H2,1-2H3,(H2,17,18,19,20). The Kier molecular flexibility index (Phi) is 6.09. The Morgan fingerprint density at radius 2 is 1.95 bits per heavy atom. The van der Waals surface area contributed by atoms with Gasteiger partial charge in [-0.15, -0.1) is 0 Å². The minimum Gasteiger partial charge on any atom is -0.373 e. The predicted octanol–water partition coefficient (Wildman–Crippen LogP) is 3.85. The molecule has 0 saturated heterocycles. The molecule has 2 rings (SSSR count). The van der Waals surface area contributed by atoms with E-state index in [1.165, 1.54) is 38.5 Å². The molecule has 0 bridgehead atoms. The van der Waals surface area contributed by atoms with Crippen molar-refractivity contribution in [3.05, 3.63) is 11.9 Å². The zero-order valence-corrected chi connectivity index (χ0v) is 12.9. The normalized spacial score (nSPS) is 15.5. The first-order chi connectivity index (χ1) is 9.81. The summed E-state index contributed by atoms with van der Waals surface area (Å²) in [4.78, 5) is 9.05. The first-order valence-electron chi connectivity index (χ1n) is 8.11. The average molecular weight is 276 g/mol. The van der Waals surface area contributed by atoms with Crippen LogP contribution in [0.25, 0.3) is 0 Å². The fraction of sp³-hybridized carbons (Fsp3) is 0.750. The van der Waals surface area contributed by atoms with Gasteiger partial charge < -0.3 is 10.6 Å². The average Bonchev–Trinajstić information content (AvgIpc) is 2.97. The smallest absolute Gasteiger partial charge is 0.133 e. The monoisotopic (exact) mass is 276 g/mol. The summed E-state index contributed by atoms with van der Waals surface area (Å²) in [5.41, 5.74) is 0. The lowest BCUT2D eigenvalue weighted by atomic mass is 10.0. The van der Waals surface area contributed by atoms with Gasteiger partial charge in [-0.25, -0.2) is 9.97 Å². The van der Waals surface area contributed by atoms with E-state index in [4.69, 9.17) is 0 Å². The summed E-state index contributed by atoms with van der Waals surface area (Å²) in [5.74, 6) is 3.77. The first-order valence-corrected chi connectivity index (χ1v) is 8.11. The van der Waals surface area contributed by atoms with Crippen LogP contribution in [0, 0.1) is 5.92 Å². The highest BCUT2D eigenvalue weighted by Gasteiger charge is 2.14. The quantitative estimate of drug-likeness (QED) is 0.708. The first kappa shape index (κ1) is 15.1. The van der Waals surface area contributed by atoms with E-state index in [-0.39, 0.29) is 0 Å². The van der Waals surface area contributed by atoms with E-state index < -0.39 is 0 Å². The summed E-state index contributed by atoms with van der Waals surface area (Å²) < 4.78 is 0. The Hall–Kier alpha value is -1.32. The summed E-state index contributed by atoms with van der Waals surface area (Å²) in [6, 6.07) is 1.99. The van der Waals surface area contributed by atoms with E-state index in [0.717, 1.165) is 42.8 Å². The van der Waals surface area contributed by atoms with E-state index >= 15 is 0 Å². The molecule has 1 aliphatic rings. The van der Waals surface area contributed by atoms with Crippen molar-refractivity contribution >= 4 is 11.6 Å². The van der Waals surface area contributed by atoms with Crippen molar-refractivity contribution in [2.45, 2.75) is 58.3 Å². The maximum atomic E-state index is 4.58. The molecular formula is C16H28N4. The SMILES string of the molecule is CCCc1nc(NC)cc(NCCCC2CCCC2)n1. The summed E-state index contributed by atoms with van der Waals surface area (Å²) >= 11 is 0.